The molecule has 0 radical (unpaired) electrons. The summed E-state index contributed by atoms with van der Waals surface area (Å²) in [4.78, 5) is 16.5. The average molecular weight is 385 g/mol. The van der Waals surface area contributed by atoms with E-state index in [9.17, 15) is 17.6 Å². The molecule has 0 saturated heterocycles. The van der Waals surface area contributed by atoms with Crippen LogP contribution in [-0.4, -0.2) is 25.6 Å². The Morgan fingerprint density at radius 1 is 1.25 bits per heavy atom. The summed E-state index contributed by atoms with van der Waals surface area (Å²) in [6.45, 7) is 0. The Bertz CT molecular complexity index is 1060. The van der Waals surface area contributed by atoms with Crippen LogP contribution in [0, 0.1) is 5.82 Å². The molecule has 0 aliphatic rings. The molecular weight excluding hydrogens is 375 g/mol. The molecular formula is C15H10ClFN2O3S2. The number of thiazole rings is 1. The minimum atomic E-state index is -3.33. The molecule has 0 fully saturated rings. The quantitative estimate of drug-likeness (QED) is 0.746. The number of anilines is 1. The van der Waals surface area contributed by atoms with Gasteiger partial charge in [0.15, 0.2) is 15.0 Å². The lowest BCUT2D eigenvalue weighted by Crippen LogP contribution is -2.13. The number of benzene rings is 2. The molecule has 3 aromatic rings. The maximum absolute atomic E-state index is 13.8. The predicted molar refractivity (Wildman–Crippen MR) is 92.1 cm³/mol. The van der Waals surface area contributed by atoms with E-state index in [2.05, 4.69) is 10.3 Å². The van der Waals surface area contributed by atoms with Crippen LogP contribution < -0.4 is 5.32 Å². The van der Waals surface area contributed by atoms with Crippen LogP contribution in [0.3, 0.4) is 0 Å². The zero-order valence-corrected chi connectivity index (χ0v) is 14.6. The van der Waals surface area contributed by atoms with Crippen molar-refractivity contribution in [3.63, 3.8) is 0 Å². The van der Waals surface area contributed by atoms with Crippen LogP contribution in [0.5, 0.6) is 0 Å². The molecule has 1 amide bonds. The van der Waals surface area contributed by atoms with Crippen LogP contribution in [0.25, 0.3) is 10.2 Å². The molecule has 0 bridgehead atoms. The normalized spacial score (nSPS) is 11.6. The van der Waals surface area contributed by atoms with Crippen molar-refractivity contribution >= 4 is 54.0 Å². The lowest BCUT2D eigenvalue weighted by atomic mass is 10.2. The second-order valence-electron chi connectivity index (χ2n) is 5.00. The number of carbonyl (C=O) groups is 1. The van der Waals surface area contributed by atoms with E-state index in [0.717, 1.165) is 23.7 Å². The van der Waals surface area contributed by atoms with E-state index in [0.29, 0.717) is 10.2 Å². The Kier molecular flexibility index (Phi) is 4.29. The number of aromatic nitrogens is 1. The average Bonchev–Trinajstić information content (AvgIpc) is 2.87. The van der Waals surface area contributed by atoms with E-state index in [4.69, 9.17) is 11.6 Å². The van der Waals surface area contributed by atoms with Gasteiger partial charge in [-0.05, 0) is 36.4 Å². The molecule has 0 unspecified atom stereocenters. The third-order valence-corrected chi connectivity index (χ3v) is 5.46. The number of nitrogens with zero attached hydrogens (tertiary/aromatic N) is 1. The van der Waals surface area contributed by atoms with Gasteiger partial charge in [0, 0.05) is 11.3 Å². The van der Waals surface area contributed by atoms with Crippen LogP contribution in [0.15, 0.2) is 41.3 Å². The van der Waals surface area contributed by atoms with Crippen molar-refractivity contribution in [2.75, 3.05) is 11.6 Å². The fourth-order valence-corrected chi connectivity index (χ4v) is 3.81. The molecule has 1 heterocycles. The van der Waals surface area contributed by atoms with Gasteiger partial charge in [-0.3, -0.25) is 10.1 Å². The zero-order valence-electron chi connectivity index (χ0n) is 12.2. The molecule has 0 aliphatic carbocycles. The summed E-state index contributed by atoms with van der Waals surface area (Å²) < 4.78 is 37.5. The van der Waals surface area contributed by atoms with Crippen molar-refractivity contribution in [1.82, 2.24) is 4.98 Å². The van der Waals surface area contributed by atoms with E-state index in [1.807, 2.05) is 0 Å². The van der Waals surface area contributed by atoms with Gasteiger partial charge < -0.3 is 0 Å². The number of amides is 1. The van der Waals surface area contributed by atoms with E-state index in [1.165, 1.54) is 24.3 Å². The Hall–Kier alpha value is -2.03. The van der Waals surface area contributed by atoms with Gasteiger partial charge in [-0.15, -0.1) is 0 Å². The second kappa shape index (κ2) is 6.12. The highest BCUT2D eigenvalue weighted by Crippen LogP contribution is 2.28. The summed E-state index contributed by atoms with van der Waals surface area (Å²) in [5, 5.41) is 2.94. The second-order valence-corrected chi connectivity index (χ2v) is 8.48. The highest BCUT2D eigenvalue weighted by molar-refractivity contribution is 7.90. The van der Waals surface area contributed by atoms with E-state index >= 15 is 0 Å². The van der Waals surface area contributed by atoms with Gasteiger partial charge in [0.2, 0.25) is 0 Å². The third kappa shape index (κ3) is 3.40. The molecule has 9 heteroatoms. The van der Waals surface area contributed by atoms with Crippen molar-refractivity contribution in [3.8, 4) is 0 Å². The van der Waals surface area contributed by atoms with Crippen molar-refractivity contribution < 1.29 is 17.6 Å². The third-order valence-electron chi connectivity index (χ3n) is 3.18. The number of hydrogen-bond donors (Lipinski definition) is 1. The molecule has 0 saturated carbocycles. The first-order chi connectivity index (χ1) is 11.2. The Morgan fingerprint density at radius 3 is 2.67 bits per heavy atom. The summed E-state index contributed by atoms with van der Waals surface area (Å²) in [6, 6.07) is 8.23. The van der Waals surface area contributed by atoms with Crippen molar-refractivity contribution in [2.45, 2.75) is 4.90 Å². The predicted octanol–water partition coefficient (Wildman–Crippen LogP) is 3.74. The fraction of sp³-hybridized carbons (Fsp3) is 0.0667. The molecule has 5 nitrogen and oxygen atoms in total. The molecule has 24 heavy (non-hydrogen) atoms. The maximum atomic E-state index is 13.8. The zero-order chi connectivity index (χ0) is 17.5. The molecule has 3 rings (SSSR count). The summed E-state index contributed by atoms with van der Waals surface area (Å²) >= 11 is 6.76. The Morgan fingerprint density at radius 2 is 2.00 bits per heavy atom. The minimum Gasteiger partial charge on any atom is -0.298 e. The molecule has 2 aromatic carbocycles. The van der Waals surface area contributed by atoms with Crippen molar-refractivity contribution in [1.29, 1.82) is 0 Å². The van der Waals surface area contributed by atoms with E-state index in [-0.39, 0.29) is 20.6 Å². The van der Waals surface area contributed by atoms with Crippen LogP contribution in [0.1, 0.15) is 10.4 Å². The molecule has 0 spiro atoms. The number of rotatable bonds is 3. The first-order valence-corrected chi connectivity index (χ1v) is 9.70. The summed E-state index contributed by atoms with van der Waals surface area (Å²) in [5.41, 5.74) is 0.384. The Balaban J connectivity index is 1.91. The van der Waals surface area contributed by atoms with E-state index < -0.39 is 21.6 Å². The van der Waals surface area contributed by atoms with Gasteiger partial charge in [-0.25, -0.2) is 17.8 Å². The first kappa shape index (κ1) is 16.8. The van der Waals surface area contributed by atoms with Gasteiger partial charge in [0.05, 0.1) is 20.7 Å². The van der Waals surface area contributed by atoms with Gasteiger partial charge >= 0.3 is 0 Å². The first-order valence-electron chi connectivity index (χ1n) is 6.61. The highest BCUT2D eigenvalue weighted by Gasteiger charge is 2.15. The molecule has 1 aromatic heterocycles. The summed E-state index contributed by atoms with van der Waals surface area (Å²) in [5.74, 6) is -1.40. The van der Waals surface area contributed by atoms with Crippen LogP contribution >= 0.6 is 22.9 Å². The number of fused-ring (bicyclic) bond motifs is 1. The van der Waals surface area contributed by atoms with Gasteiger partial charge in [-0.2, -0.15) is 0 Å². The monoisotopic (exact) mass is 384 g/mol. The van der Waals surface area contributed by atoms with Crippen molar-refractivity contribution in [3.05, 3.63) is 52.8 Å². The number of hydrogen-bond acceptors (Lipinski definition) is 5. The fourth-order valence-electron chi connectivity index (χ4n) is 2.03. The van der Waals surface area contributed by atoms with Gasteiger partial charge in [0.25, 0.3) is 5.91 Å². The minimum absolute atomic E-state index is 0.157. The van der Waals surface area contributed by atoms with Crippen LogP contribution in [-0.2, 0) is 9.84 Å². The van der Waals surface area contributed by atoms with Gasteiger partial charge in [0.1, 0.15) is 5.82 Å². The lowest BCUT2D eigenvalue weighted by molar-refractivity contribution is 0.102. The summed E-state index contributed by atoms with van der Waals surface area (Å²) in [7, 11) is -3.33. The lowest BCUT2D eigenvalue weighted by Gasteiger charge is -2.03. The number of carbonyl (C=O) groups excluding carboxylic acids is 1. The number of halogens is 2. The smallest absolute Gasteiger partial charge is 0.260 e. The van der Waals surface area contributed by atoms with Crippen molar-refractivity contribution in [2.24, 2.45) is 0 Å². The number of nitrogens with one attached hydrogen (secondary N) is 1. The number of sulfone groups is 1. The SMILES string of the molecule is CS(=O)(=O)c1ccc2nc(NC(=O)c3ccc(Cl)cc3F)sc2c1. The van der Waals surface area contributed by atoms with Crippen LogP contribution in [0.4, 0.5) is 9.52 Å². The maximum Gasteiger partial charge on any atom is 0.260 e. The summed E-state index contributed by atoms with van der Waals surface area (Å²) in [6.07, 6.45) is 1.11. The Labute approximate surface area is 146 Å². The molecule has 0 aliphatic heterocycles. The largest absolute Gasteiger partial charge is 0.298 e. The van der Waals surface area contributed by atoms with Crippen LogP contribution in [0.2, 0.25) is 5.02 Å². The van der Waals surface area contributed by atoms with E-state index in [1.54, 1.807) is 6.07 Å². The standard InChI is InChI=1S/C15H10ClFN2O3S2/c1-24(21,22)9-3-5-12-13(7-9)23-15(18-12)19-14(20)10-4-2-8(16)6-11(10)17/h2-7H,1H3,(H,18,19,20). The molecule has 1 N–H and O–H groups in total. The molecule has 0 atom stereocenters. The molecule has 124 valence electrons. The van der Waals surface area contributed by atoms with Gasteiger partial charge in [-0.1, -0.05) is 22.9 Å². The highest BCUT2D eigenvalue weighted by atomic mass is 35.5. The topological polar surface area (TPSA) is 76.1 Å².